The Kier molecular flexibility index (Phi) is 7.74. The van der Waals surface area contributed by atoms with E-state index in [4.69, 9.17) is 9.47 Å². The molecule has 0 aliphatic carbocycles. The van der Waals surface area contributed by atoms with Crippen LogP contribution in [-0.4, -0.2) is 42.0 Å². The van der Waals surface area contributed by atoms with Crippen molar-refractivity contribution in [3.63, 3.8) is 0 Å². The van der Waals surface area contributed by atoms with E-state index in [0.717, 1.165) is 0 Å². The number of hydrogen-bond donors (Lipinski definition) is 3. The molecule has 0 radical (unpaired) electrons. The van der Waals surface area contributed by atoms with E-state index >= 15 is 0 Å². The molecule has 2 aromatic rings. The van der Waals surface area contributed by atoms with Crippen LogP contribution in [0.3, 0.4) is 0 Å². The normalized spacial score (nSPS) is 11.3. The molecule has 0 saturated carbocycles. The topological polar surface area (TPSA) is 127 Å². The molecule has 0 aliphatic rings. The average molecular weight is 415 g/mol. The number of aromatic nitrogens is 1. The molecule has 1 atom stereocenters. The molecule has 1 heterocycles. The molecular weight excluding hydrogens is 390 g/mol. The fraction of sp³-hybridized carbons (Fsp3) is 0.333. The first-order chi connectivity index (χ1) is 14.3. The minimum absolute atomic E-state index is 0.0299. The molecule has 1 aromatic heterocycles. The van der Waals surface area contributed by atoms with Crippen molar-refractivity contribution in [3.05, 3.63) is 58.4 Å². The number of carbonyl (C=O) groups is 4. The first-order valence-corrected chi connectivity index (χ1v) is 9.50. The van der Waals surface area contributed by atoms with Crippen molar-refractivity contribution in [1.82, 2.24) is 15.6 Å². The summed E-state index contributed by atoms with van der Waals surface area (Å²) < 4.78 is 10.5. The fourth-order valence-electron chi connectivity index (χ4n) is 2.91. The van der Waals surface area contributed by atoms with Crippen LogP contribution in [0.15, 0.2) is 30.3 Å². The molecule has 0 fully saturated rings. The minimum Gasteiger partial charge on any atom is -0.462 e. The van der Waals surface area contributed by atoms with E-state index in [2.05, 4.69) is 15.6 Å². The van der Waals surface area contributed by atoms with Crippen LogP contribution in [0.1, 0.15) is 57.6 Å². The molecule has 0 spiro atoms. The van der Waals surface area contributed by atoms with Gasteiger partial charge in [-0.05, 0) is 33.3 Å². The number of rotatable bonds is 7. The van der Waals surface area contributed by atoms with Gasteiger partial charge in [-0.15, -0.1) is 0 Å². The van der Waals surface area contributed by atoms with Gasteiger partial charge in [0, 0.05) is 17.8 Å². The number of nitrogens with one attached hydrogen (secondary N) is 3. The lowest BCUT2D eigenvalue weighted by Gasteiger charge is -2.17. The van der Waals surface area contributed by atoms with Gasteiger partial charge in [0.25, 0.3) is 5.91 Å². The lowest BCUT2D eigenvalue weighted by molar-refractivity contribution is -0.129. The van der Waals surface area contributed by atoms with E-state index in [1.54, 1.807) is 58.0 Å². The highest BCUT2D eigenvalue weighted by atomic mass is 16.5. The summed E-state index contributed by atoms with van der Waals surface area (Å²) in [6.07, 6.45) is -1.37. The van der Waals surface area contributed by atoms with Gasteiger partial charge in [-0.3, -0.25) is 10.1 Å². The van der Waals surface area contributed by atoms with Crippen molar-refractivity contribution in [1.29, 1.82) is 0 Å². The van der Waals surface area contributed by atoms with Crippen molar-refractivity contribution in [2.75, 3.05) is 13.2 Å². The van der Waals surface area contributed by atoms with Crippen LogP contribution in [0, 0.1) is 13.8 Å². The summed E-state index contributed by atoms with van der Waals surface area (Å²) in [5, 5.41) is 4.60. The number of aryl methyl sites for hydroxylation is 1. The average Bonchev–Trinajstić information content (AvgIpc) is 3.01. The molecule has 3 N–H and O–H groups in total. The summed E-state index contributed by atoms with van der Waals surface area (Å²) in [4.78, 5) is 52.2. The highest BCUT2D eigenvalue weighted by Crippen LogP contribution is 2.24. The zero-order chi connectivity index (χ0) is 22.3. The molecule has 0 aliphatic heterocycles. The predicted molar refractivity (Wildman–Crippen MR) is 108 cm³/mol. The van der Waals surface area contributed by atoms with Crippen molar-refractivity contribution >= 4 is 23.9 Å². The number of carbonyl (C=O) groups excluding carboxylic acids is 4. The third kappa shape index (κ3) is 5.25. The Labute approximate surface area is 174 Å². The lowest BCUT2D eigenvalue weighted by atomic mass is 10.1. The lowest BCUT2D eigenvalue weighted by Crippen LogP contribution is -2.42. The number of ether oxygens (including phenoxy) is 2. The van der Waals surface area contributed by atoms with Gasteiger partial charge in [-0.1, -0.05) is 30.3 Å². The molecule has 3 amide bonds. The van der Waals surface area contributed by atoms with E-state index in [0.29, 0.717) is 23.4 Å². The zero-order valence-corrected chi connectivity index (χ0v) is 17.3. The van der Waals surface area contributed by atoms with Crippen LogP contribution >= 0.6 is 0 Å². The molecule has 0 bridgehead atoms. The number of imide groups is 1. The molecular formula is C21H25N3O6. The second-order valence-electron chi connectivity index (χ2n) is 6.39. The van der Waals surface area contributed by atoms with Gasteiger partial charge in [0.15, 0.2) is 0 Å². The number of urea groups is 1. The molecule has 9 nitrogen and oxygen atoms in total. The zero-order valence-electron chi connectivity index (χ0n) is 17.3. The number of amides is 3. The highest BCUT2D eigenvalue weighted by Gasteiger charge is 2.30. The van der Waals surface area contributed by atoms with Crippen LogP contribution in [-0.2, 0) is 14.3 Å². The summed E-state index contributed by atoms with van der Waals surface area (Å²) in [6, 6.07) is 7.61. The Bertz CT molecular complexity index is 936. The third-order valence-electron chi connectivity index (χ3n) is 4.26. The van der Waals surface area contributed by atoms with Gasteiger partial charge in [0.1, 0.15) is 5.69 Å². The predicted octanol–water partition coefficient (Wildman–Crippen LogP) is 2.55. The van der Waals surface area contributed by atoms with E-state index in [-0.39, 0.29) is 17.9 Å². The van der Waals surface area contributed by atoms with Crippen LogP contribution in [0.25, 0.3) is 0 Å². The van der Waals surface area contributed by atoms with Crippen molar-refractivity contribution in [2.45, 2.75) is 33.8 Å². The molecule has 2 rings (SSSR count). The largest absolute Gasteiger partial charge is 0.462 e. The number of H-pyrrole nitrogens is 1. The van der Waals surface area contributed by atoms with E-state index < -0.39 is 30.0 Å². The molecule has 1 aromatic carbocycles. The maximum absolute atomic E-state index is 12.8. The SMILES string of the molecule is CCNC(=O)NC(=O)[C@@H](OC(=O)c1[nH]c(C)c(C(=O)OCC)c1C)c1ccccc1. The summed E-state index contributed by atoms with van der Waals surface area (Å²) >= 11 is 0. The molecule has 0 unspecified atom stereocenters. The number of hydrogen-bond acceptors (Lipinski definition) is 6. The van der Waals surface area contributed by atoms with Crippen LogP contribution in [0.2, 0.25) is 0 Å². The molecule has 160 valence electrons. The second-order valence-corrected chi connectivity index (χ2v) is 6.39. The number of aromatic amines is 1. The van der Waals surface area contributed by atoms with E-state index in [1.165, 1.54) is 0 Å². The Morgan fingerprint density at radius 2 is 1.70 bits per heavy atom. The van der Waals surface area contributed by atoms with E-state index in [9.17, 15) is 19.2 Å². The van der Waals surface area contributed by atoms with Crippen LogP contribution in [0.5, 0.6) is 0 Å². The summed E-state index contributed by atoms with van der Waals surface area (Å²) in [5.74, 6) is -2.20. The maximum atomic E-state index is 12.8. The van der Waals surface area contributed by atoms with Crippen LogP contribution in [0.4, 0.5) is 4.79 Å². The Morgan fingerprint density at radius 1 is 1.03 bits per heavy atom. The smallest absolute Gasteiger partial charge is 0.356 e. The quantitative estimate of drug-likeness (QED) is 0.597. The van der Waals surface area contributed by atoms with Gasteiger partial charge < -0.3 is 19.8 Å². The van der Waals surface area contributed by atoms with Gasteiger partial charge >= 0.3 is 18.0 Å². The summed E-state index contributed by atoms with van der Waals surface area (Å²) in [5.41, 5.74) is 1.46. The first kappa shape index (κ1) is 22.7. The Hall–Kier alpha value is -3.62. The van der Waals surface area contributed by atoms with Crippen LogP contribution < -0.4 is 10.6 Å². The maximum Gasteiger partial charge on any atom is 0.356 e. The molecule has 30 heavy (non-hydrogen) atoms. The monoisotopic (exact) mass is 415 g/mol. The van der Waals surface area contributed by atoms with Gasteiger partial charge in [-0.25, -0.2) is 14.4 Å². The standard InChI is InChI=1S/C21H25N3O6/c1-5-22-21(28)24-18(25)17(14-10-8-7-9-11-14)30-20(27)16-12(3)15(13(4)23-16)19(26)29-6-2/h7-11,17,23H,5-6H2,1-4H3,(H2,22,24,25,28)/t17-/m0/s1. The highest BCUT2D eigenvalue weighted by molar-refractivity contribution is 6.01. The van der Waals surface area contributed by atoms with Crippen molar-refractivity contribution in [3.8, 4) is 0 Å². The van der Waals surface area contributed by atoms with Crippen molar-refractivity contribution in [2.24, 2.45) is 0 Å². The first-order valence-electron chi connectivity index (χ1n) is 9.50. The summed E-state index contributed by atoms with van der Waals surface area (Å²) in [7, 11) is 0. The van der Waals surface area contributed by atoms with Gasteiger partial charge in [-0.2, -0.15) is 0 Å². The van der Waals surface area contributed by atoms with Crippen molar-refractivity contribution < 1.29 is 28.7 Å². The Morgan fingerprint density at radius 3 is 2.30 bits per heavy atom. The Balaban J connectivity index is 2.31. The third-order valence-corrected chi connectivity index (χ3v) is 4.26. The fourth-order valence-corrected chi connectivity index (χ4v) is 2.91. The number of esters is 2. The number of benzene rings is 1. The van der Waals surface area contributed by atoms with Gasteiger partial charge in [0.2, 0.25) is 6.10 Å². The minimum atomic E-state index is -1.37. The molecule has 9 heteroatoms. The molecule has 0 saturated heterocycles. The van der Waals surface area contributed by atoms with Gasteiger partial charge in [0.05, 0.1) is 12.2 Å². The van der Waals surface area contributed by atoms with E-state index in [1.807, 2.05) is 0 Å². The second kappa shape index (κ2) is 10.2. The summed E-state index contributed by atoms with van der Waals surface area (Å²) in [6.45, 7) is 7.12.